The van der Waals surface area contributed by atoms with Crippen molar-refractivity contribution in [2.45, 2.75) is 26.7 Å². The maximum Gasteiger partial charge on any atom is 0.236 e. The first-order valence-electron chi connectivity index (χ1n) is 8.46. The van der Waals surface area contributed by atoms with Crippen molar-refractivity contribution in [1.82, 2.24) is 9.80 Å². The van der Waals surface area contributed by atoms with Gasteiger partial charge in [-0.2, -0.15) is 0 Å². The standard InChI is InChI=1S/C18H27N3O/c1-15-5-6-16(2)17(13-15)20-9-11-21(12-10-20)18(22)14-19-7-3-4-8-19/h5-6,13H,3-4,7-12,14H2,1-2H3. The lowest BCUT2D eigenvalue weighted by molar-refractivity contribution is -0.132. The van der Waals surface area contributed by atoms with E-state index < -0.39 is 0 Å². The maximum absolute atomic E-state index is 12.4. The van der Waals surface area contributed by atoms with Crippen molar-refractivity contribution in [3.05, 3.63) is 29.3 Å². The van der Waals surface area contributed by atoms with Crippen molar-refractivity contribution in [2.75, 3.05) is 50.7 Å². The molecular weight excluding hydrogens is 274 g/mol. The number of anilines is 1. The molecule has 0 aliphatic carbocycles. The van der Waals surface area contributed by atoms with E-state index in [9.17, 15) is 4.79 Å². The van der Waals surface area contributed by atoms with Crippen LogP contribution in [0.15, 0.2) is 18.2 Å². The highest BCUT2D eigenvalue weighted by Gasteiger charge is 2.24. The Morgan fingerprint density at radius 3 is 2.36 bits per heavy atom. The molecule has 22 heavy (non-hydrogen) atoms. The monoisotopic (exact) mass is 301 g/mol. The van der Waals surface area contributed by atoms with Crippen LogP contribution in [0.5, 0.6) is 0 Å². The predicted octanol–water partition coefficient (Wildman–Crippen LogP) is 2.05. The molecule has 0 spiro atoms. The van der Waals surface area contributed by atoms with Gasteiger partial charge in [-0.25, -0.2) is 0 Å². The number of rotatable bonds is 3. The normalized spacial score (nSPS) is 19.7. The molecule has 2 heterocycles. The smallest absolute Gasteiger partial charge is 0.236 e. The van der Waals surface area contributed by atoms with Crippen LogP contribution in [0.2, 0.25) is 0 Å². The fourth-order valence-corrected chi connectivity index (χ4v) is 3.49. The summed E-state index contributed by atoms with van der Waals surface area (Å²) in [7, 11) is 0. The van der Waals surface area contributed by atoms with Crippen LogP contribution in [-0.2, 0) is 4.79 Å². The first kappa shape index (κ1) is 15.3. The summed E-state index contributed by atoms with van der Waals surface area (Å²) in [6.07, 6.45) is 2.49. The van der Waals surface area contributed by atoms with Crippen molar-refractivity contribution >= 4 is 11.6 Å². The van der Waals surface area contributed by atoms with Crippen LogP contribution in [-0.4, -0.2) is 61.5 Å². The lowest BCUT2D eigenvalue weighted by atomic mass is 10.1. The van der Waals surface area contributed by atoms with E-state index in [0.717, 1.165) is 39.3 Å². The summed E-state index contributed by atoms with van der Waals surface area (Å²) in [5.74, 6) is 0.308. The van der Waals surface area contributed by atoms with Gasteiger partial charge in [0, 0.05) is 31.9 Å². The summed E-state index contributed by atoms with van der Waals surface area (Å²) in [5.41, 5.74) is 3.95. The van der Waals surface area contributed by atoms with Crippen LogP contribution in [0.3, 0.4) is 0 Å². The van der Waals surface area contributed by atoms with E-state index in [2.05, 4.69) is 41.8 Å². The van der Waals surface area contributed by atoms with Crippen LogP contribution >= 0.6 is 0 Å². The number of piperazine rings is 1. The summed E-state index contributed by atoms with van der Waals surface area (Å²) >= 11 is 0. The van der Waals surface area contributed by atoms with Gasteiger partial charge in [0.05, 0.1) is 6.54 Å². The first-order valence-corrected chi connectivity index (χ1v) is 8.46. The largest absolute Gasteiger partial charge is 0.368 e. The average molecular weight is 301 g/mol. The molecule has 0 unspecified atom stereocenters. The quantitative estimate of drug-likeness (QED) is 0.855. The number of carbonyl (C=O) groups excluding carboxylic acids is 1. The molecular formula is C18H27N3O. The van der Waals surface area contributed by atoms with Crippen molar-refractivity contribution < 1.29 is 4.79 Å². The lowest BCUT2D eigenvalue weighted by Crippen LogP contribution is -2.51. The van der Waals surface area contributed by atoms with Gasteiger partial charge < -0.3 is 9.80 Å². The summed E-state index contributed by atoms with van der Waals surface area (Å²) in [6, 6.07) is 6.61. The van der Waals surface area contributed by atoms with Crippen molar-refractivity contribution in [1.29, 1.82) is 0 Å². The molecule has 0 saturated carbocycles. The topological polar surface area (TPSA) is 26.8 Å². The van der Waals surface area contributed by atoms with Crippen LogP contribution in [0.1, 0.15) is 24.0 Å². The summed E-state index contributed by atoms with van der Waals surface area (Å²) in [5, 5.41) is 0. The predicted molar refractivity (Wildman–Crippen MR) is 90.4 cm³/mol. The van der Waals surface area contributed by atoms with Gasteiger partial charge >= 0.3 is 0 Å². The fourth-order valence-electron chi connectivity index (χ4n) is 3.49. The Balaban J connectivity index is 1.55. The molecule has 2 aliphatic rings. The molecule has 0 bridgehead atoms. The zero-order chi connectivity index (χ0) is 15.5. The summed E-state index contributed by atoms with van der Waals surface area (Å²) in [4.78, 5) is 19.1. The molecule has 3 rings (SSSR count). The highest BCUT2D eigenvalue weighted by atomic mass is 16.2. The van der Waals surface area contributed by atoms with E-state index in [1.165, 1.54) is 29.7 Å². The van der Waals surface area contributed by atoms with Crippen molar-refractivity contribution in [2.24, 2.45) is 0 Å². The van der Waals surface area contributed by atoms with Crippen LogP contribution in [0.25, 0.3) is 0 Å². The number of likely N-dealkylation sites (tertiary alicyclic amines) is 1. The SMILES string of the molecule is Cc1ccc(C)c(N2CCN(C(=O)CN3CCCC3)CC2)c1. The third kappa shape index (κ3) is 3.43. The summed E-state index contributed by atoms with van der Waals surface area (Å²) in [6.45, 7) is 10.7. The molecule has 0 atom stereocenters. The van der Waals surface area contributed by atoms with Gasteiger partial charge in [0.25, 0.3) is 0 Å². The molecule has 1 aromatic carbocycles. The fraction of sp³-hybridized carbons (Fsp3) is 0.611. The number of carbonyl (C=O) groups is 1. The lowest BCUT2D eigenvalue weighted by Gasteiger charge is -2.37. The zero-order valence-electron chi connectivity index (χ0n) is 13.8. The second kappa shape index (κ2) is 6.69. The van der Waals surface area contributed by atoms with Crippen molar-refractivity contribution in [3.63, 3.8) is 0 Å². The molecule has 2 aliphatic heterocycles. The zero-order valence-corrected chi connectivity index (χ0v) is 13.8. The van der Waals surface area contributed by atoms with E-state index in [-0.39, 0.29) is 0 Å². The Bertz CT molecular complexity index is 529. The molecule has 0 radical (unpaired) electrons. The molecule has 0 aromatic heterocycles. The van der Waals surface area contributed by atoms with E-state index in [1.54, 1.807) is 0 Å². The van der Waals surface area contributed by atoms with Gasteiger partial charge in [-0.1, -0.05) is 12.1 Å². The molecule has 120 valence electrons. The van der Waals surface area contributed by atoms with Gasteiger partial charge in [0.1, 0.15) is 0 Å². The maximum atomic E-state index is 12.4. The number of nitrogens with zero attached hydrogens (tertiary/aromatic N) is 3. The van der Waals surface area contributed by atoms with Gasteiger partial charge in [0.2, 0.25) is 5.91 Å². The minimum Gasteiger partial charge on any atom is -0.368 e. The van der Waals surface area contributed by atoms with Gasteiger partial charge in [-0.3, -0.25) is 9.69 Å². The first-order chi connectivity index (χ1) is 10.6. The van der Waals surface area contributed by atoms with E-state index in [0.29, 0.717) is 12.5 Å². The Morgan fingerprint density at radius 2 is 1.68 bits per heavy atom. The minimum atomic E-state index is 0.308. The second-order valence-corrected chi connectivity index (χ2v) is 6.64. The Labute approximate surface area is 133 Å². The summed E-state index contributed by atoms with van der Waals surface area (Å²) < 4.78 is 0. The van der Waals surface area contributed by atoms with Crippen LogP contribution in [0, 0.1) is 13.8 Å². The van der Waals surface area contributed by atoms with Gasteiger partial charge in [0.15, 0.2) is 0 Å². The van der Waals surface area contributed by atoms with E-state index in [4.69, 9.17) is 0 Å². The average Bonchev–Trinajstić information content (AvgIpc) is 3.03. The van der Waals surface area contributed by atoms with Crippen LogP contribution < -0.4 is 4.90 Å². The number of hydrogen-bond acceptors (Lipinski definition) is 3. The number of amides is 1. The Morgan fingerprint density at radius 1 is 1.00 bits per heavy atom. The third-order valence-corrected chi connectivity index (χ3v) is 4.90. The van der Waals surface area contributed by atoms with Gasteiger partial charge in [-0.15, -0.1) is 0 Å². The van der Waals surface area contributed by atoms with Crippen LogP contribution in [0.4, 0.5) is 5.69 Å². The highest BCUT2D eigenvalue weighted by molar-refractivity contribution is 5.78. The Hall–Kier alpha value is -1.55. The number of hydrogen-bond donors (Lipinski definition) is 0. The molecule has 2 saturated heterocycles. The molecule has 4 heteroatoms. The molecule has 1 aromatic rings. The minimum absolute atomic E-state index is 0.308. The molecule has 1 amide bonds. The highest BCUT2D eigenvalue weighted by Crippen LogP contribution is 2.23. The molecule has 2 fully saturated rings. The van der Waals surface area contributed by atoms with Crippen molar-refractivity contribution in [3.8, 4) is 0 Å². The second-order valence-electron chi connectivity index (χ2n) is 6.64. The number of benzene rings is 1. The van der Waals surface area contributed by atoms with E-state index >= 15 is 0 Å². The third-order valence-electron chi connectivity index (χ3n) is 4.90. The van der Waals surface area contributed by atoms with Gasteiger partial charge in [-0.05, 0) is 57.0 Å². The Kier molecular flexibility index (Phi) is 4.67. The molecule has 0 N–H and O–H groups in total. The van der Waals surface area contributed by atoms with E-state index in [1.807, 2.05) is 4.90 Å². The number of aryl methyl sites for hydroxylation is 2. The molecule has 4 nitrogen and oxygen atoms in total.